The van der Waals surface area contributed by atoms with Crippen LogP contribution in [0.2, 0.25) is 0 Å². The molecular formula is C20H17N5O2. The van der Waals surface area contributed by atoms with Gasteiger partial charge in [0.25, 0.3) is 0 Å². The number of anilines is 4. The fourth-order valence-corrected chi connectivity index (χ4v) is 2.46. The average Bonchev–Trinajstić information content (AvgIpc) is 2.68. The van der Waals surface area contributed by atoms with Gasteiger partial charge in [-0.3, -0.25) is 0 Å². The molecule has 1 heterocycles. The molecule has 0 bridgehead atoms. The van der Waals surface area contributed by atoms with E-state index < -0.39 is 5.97 Å². The van der Waals surface area contributed by atoms with E-state index in [1.54, 1.807) is 54.6 Å². The lowest BCUT2D eigenvalue weighted by atomic mass is 10.2. The summed E-state index contributed by atoms with van der Waals surface area (Å²) in [5.74, 6) is 0.495. The molecule has 3 rings (SSSR count). The Labute approximate surface area is 156 Å². The Kier molecular flexibility index (Phi) is 5.28. The quantitative estimate of drug-likeness (QED) is 0.666. The monoisotopic (exact) mass is 359 g/mol. The van der Waals surface area contributed by atoms with Crippen LogP contribution in [-0.4, -0.2) is 23.0 Å². The lowest BCUT2D eigenvalue weighted by Crippen LogP contribution is -2.08. The van der Waals surface area contributed by atoms with Gasteiger partial charge in [0.1, 0.15) is 5.82 Å². The number of nitrogens with zero attached hydrogens (tertiary/aromatic N) is 3. The van der Waals surface area contributed by atoms with Crippen molar-refractivity contribution >= 4 is 29.1 Å². The molecule has 7 nitrogen and oxygen atoms in total. The van der Waals surface area contributed by atoms with Gasteiger partial charge in [-0.1, -0.05) is 12.1 Å². The number of hydrogen-bond acceptors (Lipinski definition) is 7. The van der Waals surface area contributed by atoms with E-state index in [0.717, 1.165) is 11.4 Å². The Morgan fingerprint density at radius 1 is 1.07 bits per heavy atom. The Bertz CT molecular complexity index is 1010. The Morgan fingerprint density at radius 3 is 2.52 bits per heavy atom. The maximum atomic E-state index is 11.9. The van der Waals surface area contributed by atoms with Crippen molar-refractivity contribution in [2.24, 2.45) is 0 Å². The van der Waals surface area contributed by atoms with Gasteiger partial charge in [0.05, 0.1) is 30.0 Å². The van der Waals surface area contributed by atoms with Gasteiger partial charge < -0.3 is 15.4 Å². The Balaban J connectivity index is 1.86. The molecular weight excluding hydrogens is 342 g/mol. The zero-order valence-corrected chi connectivity index (χ0v) is 14.9. The lowest BCUT2D eigenvalue weighted by molar-refractivity contribution is 0.0602. The number of carbonyl (C=O) groups is 1. The summed E-state index contributed by atoms with van der Waals surface area (Å²) < 4.78 is 4.80. The van der Waals surface area contributed by atoms with Crippen molar-refractivity contribution < 1.29 is 9.53 Å². The van der Waals surface area contributed by atoms with E-state index in [0.29, 0.717) is 28.6 Å². The molecule has 0 radical (unpaired) electrons. The molecule has 27 heavy (non-hydrogen) atoms. The third-order valence-electron chi connectivity index (χ3n) is 3.72. The summed E-state index contributed by atoms with van der Waals surface area (Å²) in [5.41, 5.74) is 3.08. The minimum atomic E-state index is -0.443. The summed E-state index contributed by atoms with van der Waals surface area (Å²) >= 11 is 0. The van der Waals surface area contributed by atoms with E-state index in [9.17, 15) is 4.79 Å². The van der Waals surface area contributed by atoms with Crippen molar-refractivity contribution in [2.75, 3.05) is 17.7 Å². The number of esters is 1. The second-order valence-electron chi connectivity index (χ2n) is 5.69. The Hall–Kier alpha value is -3.92. The zero-order valence-electron chi connectivity index (χ0n) is 14.9. The maximum absolute atomic E-state index is 11.9. The number of rotatable bonds is 5. The predicted molar refractivity (Wildman–Crippen MR) is 102 cm³/mol. The number of ether oxygens (including phenoxy) is 1. The molecule has 0 saturated heterocycles. The highest BCUT2D eigenvalue weighted by Gasteiger charge is 2.12. The zero-order chi connectivity index (χ0) is 19.2. The fourth-order valence-electron chi connectivity index (χ4n) is 2.46. The first kappa shape index (κ1) is 17.9. The summed E-state index contributed by atoms with van der Waals surface area (Å²) in [6.45, 7) is 1.85. The first-order chi connectivity index (χ1) is 13.1. The van der Waals surface area contributed by atoms with Gasteiger partial charge in [-0.05, 0) is 43.3 Å². The van der Waals surface area contributed by atoms with Crippen LogP contribution in [0.1, 0.15) is 21.6 Å². The van der Waals surface area contributed by atoms with Gasteiger partial charge in [-0.15, -0.1) is 0 Å². The molecule has 0 saturated carbocycles. The number of aromatic nitrogens is 2. The molecule has 0 unspecified atom stereocenters. The van der Waals surface area contributed by atoms with Crippen LogP contribution in [0.4, 0.5) is 23.1 Å². The van der Waals surface area contributed by atoms with Crippen molar-refractivity contribution in [1.82, 2.24) is 9.97 Å². The fraction of sp³-hybridized carbons (Fsp3) is 0.100. The second-order valence-corrected chi connectivity index (χ2v) is 5.69. The SMILES string of the molecule is COC(=O)c1ccccc1Nc1nc(C)cc(Nc2ccc(C#N)cc2)n1. The van der Waals surface area contributed by atoms with Crippen LogP contribution >= 0.6 is 0 Å². The Morgan fingerprint density at radius 2 is 1.81 bits per heavy atom. The third-order valence-corrected chi connectivity index (χ3v) is 3.72. The first-order valence-electron chi connectivity index (χ1n) is 8.16. The van der Waals surface area contributed by atoms with Crippen molar-refractivity contribution in [2.45, 2.75) is 6.92 Å². The van der Waals surface area contributed by atoms with E-state index in [-0.39, 0.29) is 0 Å². The maximum Gasteiger partial charge on any atom is 0.339 e. The van der Waals surface area contributed by atoms with Gasteiger partial charge in [-0.25, -0.2) is 9.78 Å². The second kappa shape index (κ2) is 7.97. The largest absolute Gasteiger partial charge is 0.465 e. The molecule has 0 aliphatic carbocycles. The van der Waals surface area contributed by atoms with Gasteiger partial charge >= 0.3 is 5.97 Å². The molecule has 2 aromatic carbocycles. The van der Waals surface area contributed by atoms with Gasteiger partial charge in [-0.2, -0.15) is 10.2 Å². The lowest BCUT2D eigenvalue weighted by Gasteiger charge is -2.12. The highest BCUT2D eigenvalue weighted by Crippen LogP contribution is 2.22. The van der Waals surface area contributed by atoms with Crippen molar-refractivity contribution in [3.63, 3.8) is 0 Å². The van der Waals surface area contributed by atoms with Crippen LogP contribution in [0.3, 0.4) is 0 Å². The number of methoxy groups -OCH3 is 1. The normalized spacial score (nSPS) is 9.96. The molecule has 0 aliphatic rings. The molecule has 3 aromatic rings. The van der Waals surface area contributed by atoms with Crippen molar-refractivity contribution in [3.05, 3.63) is 71.4 Å². The molecule has 134 valence electrons. The highest BCUT2D eigenvalue weighted by atomic mass is 16.5. The smallest absolute Gasteiger partial charge is 0.339 e. The molecule has 0 fully saturated rings. The van der Waals surface area contributed by atoms with Gasteiger partial charge in [0.2, 0.25) is 5.95 Å². The van der Waals surface area contributed by atoms with Gasteiger partial charge in [0.15, 0.2) is 0 Å². The van der Waals surface area contributed by atoms with Gasteiger partial charge in [0, 0.05) is 17.4 Å². The number of hydrogen-bond donors (Lipinski definition) is 2. The topological polar surface area (TPSA) is 99.9 Å². The number of nitriles is 1. The van der Waals surface area contributed by atoms with E-state index in [2.05, 4.69) is 26.7 Å². The van der Waals surface area contributed by atoms with Crippen LogP contribution in [0.25, 0.3) is 0 Å². The molecule has 2 N–H and O–H groups in total. The highest BCUT2D eigenvalue weighted by molar-refractivity contribution is 5.96. The summed E-state index contributed by atoms with van der Waals surface area (Å²) in [6.07, 6.45) is 0. The summed E-state index contributed by atoms with van der Waals surface area (Å²) in [7, 11) is 1.34. The molecule has 1 aromatic heterocycles. The summed E-state index contributed by atoms with van der Waals surface area (Å²) in [6, 6.07) is 17.9. The number of aryl methyl sites for hydroxylation is 1. The molecule has 0 atom stereocenters. The number of para-hydroxylation sites is 1. The average molecular weight is 359 g/mol. The third kappa shape index (κ3) is 4.38. The minimum Gasteiger partial charge on any atom is -0.465 e. The molecule has 7 heteroatoms. The summed E-state index contributed by atoms with van der Waals surface area (Å²) in [5, 5.41) is 15.1. The predicted octanol–water partition coefficient (Wildman–Crippen LogP) is 3.93. The van der Waals surface area contributed by atoms with Crippen molar-refractivity contribution in [3.8, 4) is 6.07 Å². The first-order valence-corrected chi connectivity index (χ1v) is 8.16. The van der Waals surface area contributed by atoms with Crippen LogP contribution in [0, 0.1) is 18.3 Å². The number of carbonyl (C=O) groups excluding carboxylic acids is 1. The molecule has 0 aliphatic heterocycles. The van der Waals surface area contributed by atoms with Crippen LogP contribution in [-0.2, 0) is 4.74 Å². The molecule has 0 spiro atoms. The summed E-state index contributed by atoms with van der Waals surface area (Å²) in [4.78, 5) is 20.7. The number of benzene rings is 2. The van der Waals surface area contributed by atoms with E-state index >= 15 is 0 Å². The minimum absolute atomic E-state index is 0.350. The standard InChI is InChI=1S/C20H17N5O2/c1-13-11-18(23-15-9-7-14(12-21)8-10-15)25-20(22-13)24-17-6-4-3-5-16(17)19(26)27-2/h3-11H,1-2H3,(H2,22,23,24,25). The van der Waals surface area contributed by atoms with Crippen molar-refractivity contribution in [1.29, 1.82) is 5.26 Å². The van der Waals surface area contributed by atoms with Crippen LogP contribution in [0.5, 0.6) is 0 Å². The number of nitrogens with one attached hydrogen (secondary N) is 2. The van der Waals surface area contributed by atoms with E-state index in [1.807, 2.05) is 6.92 Å². The van der Waals surface area contributed by atoms with E-state index in [4.69, 9.17) is 10.00 Å². The van der Waals surface area contributed by atoms with E-state index in [1.165, 1.54) is 7.11 Å². The molecule has 0 amide bonds. The van der Waals surface area contributed by atoms with Crippen LogP contribution < -0.4 is 10.6 Å². The van der Waals surface area contributed by atoms with Crippen LogP contribution in [0.15, 0.2) is 54.6 Å².